The summed E-state index contributed by atoms with van der Waals surface area (Å²) in [6, 6.07) is 8.83. The molecule has 0 unspecified atom stereocenters. The summed E-state index contributed by atoms with van der Waals surface area (Å²) in [7, 11) is 0. The minimum Gasteiger partial charge on any atom is -0.304 e. The third-order valence-electron chi connectivity index (χ3n) is 3.38. The molecule has 15 heavy (non-hydrogen) atoms. The smallest absolute Gasteiger partial charge is 0.0175 e. The van der Waals surface area contributed by atoms with E-state index in [9.17, 15) is 0 Å². The maximum Gasteiger partial charge on any atom is 0.0175 e. The van der Waals surface area contributed by atoms with E-state index in [0.29, 0.717) is 0 Å². The van der Waals surface area contributed by atoms with E-state index in [1.54, 1.807) is 0 Å². The molecule has 1 saturated heterocycles. The van der Waals surface area contributed by atoms with Crippen LogP contribution in [0.1, 0.15) is 31.2 Å². The maximum atomic E-state index is 3.48. The Morgan fingerprint density at radius 3 is 2.33 bits per heavy atom. The second-order valence-corrected chi connectivity index (χ2v) is 5.18. The summed E-state index contributed by atoms with van der Waals surface area (Å²) in [6.45, 7) is 5.97. The SMILES string of the molecule is CCN1CCC(c2ccc(Br)cc2)CC1. The molecule has 1 aromatic carbocycles. The fraction of sp³-hybridized carbons (Fsp3) is 0.538. The van der Waals surface area contributed by atoms with Crippen molar-refractivity contribution in [2.24, 2.45) is 0 Å². The Morgan fingerprint density at radius 2 is 1.80 bits per heavy atom. The monoisotopic (exact) mass is 267 g/mol. The van der Waals surface area contributed by atoms with Gasteiger partial charge < -0.3 is 4.90 Å². The van der Waals surface area contributed by atoms with E-state index in [0.717, 1.165) is 5.92 Å². The number of piperidine rings is 1. The normalized spacial score (nSPS) is 19.3. The molecule has 0 saturated carbocycles. The van der Waals surface area contributed by atoms with Gasteiger partial charge in [0.15, 0.2) is 0 Å². The molecule has 1 fully saturated rings. The average molecular weight is 268 g/mol. The van der Waals surface area contributed by atoms with E-state index in [2.05, 4.69) is 52.0 Å². The van der Waals surface area contributed by atoms with Crippen molar-refractivity contribution in [3.8, 4) is 0 Å². The minimum atomic E-state index is 0.779. The van der Waals surface area contributed by atoms with Crippen molar-refractivity contribution in [1.82, 2.24) is 4.90 Å². The van der Waals surface area contributed by atoms with Crippen LogP contribution < -0.4 is 0 Å². The highest BCUT2D eigenvalue weighted by Gasteiger charge is 2.18. The first-order chi connectivity index (χ1) is 7.29. The number of rotatable bonds is 2. The molecule has 82 valence electrons. The molecule has 0 aliphatic carbocycles. The Labute approximate surface area is 101 Å². The van der Waals surface area contributed by atoms with Crippen molar-refractivity contribution >= 4 is 15.9 Å². The maximum absolute atomic E-state index is 3.48. The van der Waals surface area contributed by atoms with Gasteiger partial charge in [-0.05, 0) is 56.1 Å². The van der Waals surface area contributed by atoms with E-state index in [1.165, 1.54) is 42.5 Å². The lowest BCUT2D eigenvalue weighted by atomic mass is 9.89. The Hall–Kier alpha value is -0.340. The van der Waals surface area contributed by atoms with Gasteiger partial charge in [-0.15, -0.1) is 0 Å². The van der Waals surface area contributed by atoms with Gasteiger partial charge in [-0.1, -0.05) is 35.0 Å². The highest BCUT2D eigenvalue weighted by Crippen LogP contribution is 2.28. The summed E-state index contributed by atoms with van der Waals surface area (Å²) in [5.41, 5.74) is 1.51. The molecule has 0 aromatic heterocycles. The molecule has 1 nitrogen and oxygen atoms in total. The molecule has 0 radical (unpaired) electrons. The van der Waals surface area contributed by atoms with Crippen LogP contribution in [0.4, 0.5) is 0 Å². The summed E-state index contributed by atoms with van der Waals surface area (Å²) in [4.78, 5) is 2.54. The highest BCUT2D eigenvalue weighted by atomic mass is 79.9. The van der Waals surface area contributed by atoms with Crippen LogP contribution in [0.5, 0.6) is 0 Å². The average Bonchev–Trinajstić information content (AvgIpc) is 2.30. The fourth-order valence-corrected chi connectivity index (χ4v) is 2.58. The van der Waals surface area contributed by atoms with Crippen LogP contribution in [0, 0.1) is 0 Å². The van der Waals surface area contributed by atoms with Gasteiger partial charge in [0.05, 0.1) is 0 Å². The molecule has 0 N–H and O–H groups in total. The van der Waals surface area contributed by atoms with Crippen molar-refractivity contribution < 1.29 is 0 Å². The number of halogens is 1. The molecule has 2 rings (SSSR count). The summed E-state index contributed by atoms with van der Waals surface area (Å²) in [5.74, 6) is 0.779. The largest absolute Gasteiger partial charge is 0.304 e. The van der Waals surface area contributed by atoms with E-state index in [-0.39, 0.29) is 0 Å². The van der Waals surface area contributed by atoms with Crippen LogP contribution in [0.15, 0.2) is 28.7 Å². The highest BCUT2D eigenvalue weighted by molar-refractivity contribution is 9.10. The van der Waals surface area contributed by atoms with Gasteiger partial charge in [0.2, 0.25) is 0 Å². The van der Waals surface area contributed by atoms with Crippen molar-refractivity contribution in [1.29, 1.82) is 0 Å². The number of benzene rings is 1. The van der Waals surface area contributed by atoms with E-state index >= 15 is 0 Å². The Bertz CT molecular complexity index is 299. The van der Waals surface area contributed by atoms with Gasteiger partial charge >= 0.3 is 0 Å². The molecule has 0 atom stereocenters. The molecular formula is C13H18BrN. The second-order valence-electron chi connectivity index (χ2n) is 4.26. The molecule has 1 aromatic rings. The Balaban J connectivity index is 1.98. The van der Waals surface area contributed by atoms with E-state index < -0.39 is 0 Å². The zero-order valence-electron chi connectivity index (χ0n) is 9.25. The van der Waals surface area contributed by atoms with Gasteiger partial charge in [0.1, 0.15) is 0 Å². The van der Waals surface area contributed by atoms with Crippen molar-refractivity contribution in [2.75, 3.05) is 19.6 Å². The van der Waals surface area contributed by atoms with Gasteiger partial charge in [0.25, 0.3) is 0 Å². The zero-order chi connectivity index (χ0) is 10.7. The predicted octanol–water partition coefficient (Wildman–Crippen LogP) is 3.65. The first-order valence-corrected chi connectivity index (χ1v) is 6.56. The molecule has 1 aliphatic rings. The van der Waals surface area contributed by atoms with Gasteiger partial charge in [-0.25, -0.2) is 0 Å². The fourth-order valence-electron chi connectivity index (χ4n) is 2.32. The predicted molar refractivity (Wildman–Crippen MR) is 68.2 cm³/mol. The summed E-state index contributed by atoms with van der Waals surface area (Å²) in [5, 5.41) is 0. The van der Waals surface area contributed by atoms with Crippen molar-refractivity contribution in [3.05, 3.63) is 34.3 Å². The second kappa shape index (κ2) is 5.13. The number of hydrogen-bond donors (Lipinski definition) is 0. The lowest BCUT2D eigenvalue weighted by Gasteiger charge is -2.31. The van der Waals surface area contributed by atoms with Crippen LogP contribution in [-0.2, 0) is 0 Å². The summed E-state index contributed by atoms with van der Waals surface area (Å²) >= 11 is 3.48. The summed E-state index contributed by atoms with van der Waals surface area (Å²) in [6.07, 6.45) is 2.63. The third kappa shape index (κ3) is 2.82. The van der Waals surface area contributed by atoms with Crippen LogP contribution in [0.25, 0.3) is 0 Å². The number of nitrogens with zero attached hydrogens (tertiary/aromatic N) is 1. The molecular weight excluding hydrogens is 250 g/mol. The number of likely N-dealkylation sites (tertiary alicyclic amines) is 1. The topological polar surface area (TPSA) is 3.24 Å². The van der Waals surface area contributed by atoms with Crippen molar-refractivity contribution in [3.63, 3.8) is 0 Å². The van der Waals surface area contributed by atoms with Crippen LogP contribution in [0.3, 0.4) is 0 Å². The quantitative estimate of drug-likeness (QED) is 0.791. The minimum absolute atomic E-state index is 0.779. The van der Waals surface area contributed by atoms with Crippen LogP contribution >= 0.6 is 15.9 Å². The van der Waals surface area contributed by atoms with E-state index in [4.69, 9.17) is 0 Å². The van der Waals surface area contributed by atoms with Crippen molar-refractivity contribution in [2.45, 2.75) is 25.7 Å². The molecule has 0 amide bonds. The standard InChI is InChI=1S/C13H18BrN/c1-2-15-9-7-12(8-10-15)11-3-5-13(14)6-4-11/h3-6,12H,2,7-10H2,1H3. The molecule has 1 aliphatic heterocycles. The van der Waals surface area contributed by atoms with Gasteiger partial charge in [-0.3, -0.25) is 0 Å². The Morgan fingerprint density at radius 1 is 1.20 bits per heavy atom. The molecule has 0 spiro atoms. The zero-order valence-corrected chi connectivity index (χ0v) is 10.8. The lowest BCUT2D eigenvalue weighted by Crippen LogP contribution is -2.32. The molecule has 2 heteroatoms. The molecule has 1 heterocycles. The third-order valence-corrected chi connectivity index (χ3v) is 3.90. The van der Waals surface area contributed by atoms with Gasteiger partial charge in [0, 0.05) is 4.47 Å². The van der Waals surface area contributed by atoms with Gasteiger partial charge in [-0.2, -0.15) is 0 Å². The van der Waals surface area contributed by atoms with Crippen LogP contribution in [0.2, 0.25) is 0 Å². The Kier molecular flexibility index (Phi) is 3.81. The number of hydrogen-bond acceptors (Lipinski definition) is 1. The lowest BCUT2D eigenvalue weighted by molar-refractivity contribution is 0.222. The van der Waals surface area contributed by atoms with Crippen LogP contribution in [-0.4, -0.2) is 24.5 Å². The first kappa shape index (κ1) is 11.2. The van der Waals surface area contributed by atoms with E-state index in [1.807, 2.05) is 0 Å². The molecule has 0 bridgehead atoms. The first-order valence-electron chi connectivity index (χ1n) is 5.77. The summed E-state index contributed by atoms with van der Waals surface area (Å²) < 4.78 is 1.18.